The maximum Gasteiger partial charge on any atom is 0.264 e. The van der Waals surface area contributed by atoms with Gasteiger partial charge in [0.05, 0.1) is 12.9 Å². The van der Waals surface area contributed by atoms with Crippen LogP contribution in [0.5, 0.6) is 0 Å². The van der Waals surface area contributed by atoms with Crippen LogP contribution in [0.15, 0.2) is 0 Å². The van der Waals surface area contributed by atoms with Gasteiger partial charge in [0.2, 0.25) is 0 Å². The van der Waals surface area contributed by atoms with Gasteiger partial charge in [-0.25, -0.2) is 0 Å². The van der Waals surface area contributed by atoms with E-state index in [4.69, 9.17) is 0 Å². The highest BCUT2D eigenvalue weighted by Gasteiger charge is 1.99. The van der Waals surface area contributed by atoms with Crippen LogP contribution in [0.2, 0.25) is 0 Å². The van der Waals surface area contributed by atoms with Crippen molar-refractivity contribution in [1.82, 2.24) is 5.32 Å². The second-order valence-corrected chi connectivity index (χ2v) is 4.80. The molecule has 0 bridgehead atoms. The third-order valence-corrected chi connectivity index (χ3v) is 2.23. The van der Waals surface area contributed by atoms with Crippen molar-refractivity contribution >= 4 is 16.2 Å². The van der Waals surface area contributed by atoms with E-state index >= 15 is 0 Å². The van der Waals surface area contributed by atoms with E-state index in [0.29, 0.717) is 19.4 Å². The first-order valence-electron chi connectivity index (χ1n) is 4.71. The lowest BCUT2D eigenvalue weighted by Crippen LogP contribution is -2.36. The Morgan fingerprint density at radius 3 is 2.40 bits per heavy atom. The summed E-state index contributed by atoms with van der Waals surface area (Å²) in [5.74, 6) is 0. The first kappa shape index (κ1) is 14.2. The number of nitrogens with one attached hydrogen (secondary N) is 1. The quantitative estimate of drug-likeness (QED) is 0.452. The predicted octanol–water partition coefficient (Wildman–Crippen LogP) is -0.544. The Hall–Kier alpha value is -0.820. The van der Waals surface area contributed by atoms with Crippen LogP contribution in [-0.4, -0.2) is 33.9 Å². The third-order valence-electron chi connectivity index (χ3n) is 1.64. The topological polar surface area (TPSA) is 95.5 Å². The van der Waals surface area contributed by atoms with Crippen LogP contribution < -0.4 is 10.4 Å². The summed E-state index contributed by atoms with van der Waals surface area (Å²) in [6, 6.07) is 0. The molecule has 0 saturated carbocycles. The van der Waals surface area contributed by atoms with Crippen LogP contribution in [0, 0.1) is 0 Å². The van der Waals surface area contributed by atoms with Crippen LogP contribution in [0.3, 0.4) is 0 Å². The molecule has 0 heterocycles. The highest BCUT2D eigenvalue weighted by Crippen LogP contribution is 2.00. The summed E-state index contributed by atoms with van der Waals surface area (Å²) in [6.45, 7) is 0.558. The number of hydrogen-bond acceptors (Lipinski definition) is 5. The van der Waals surface area contributed by atoms with Gasteiger partial charge in [-0.1, -0.05) is 12.8 Å². The zero-order valence-electron chi connectivity index (χ0n) is 8.69. The zero-order valence-corrected chi connectivity index (χ0v) is 9.51. The largest absolute Gasteiger partial charge is 0.530 e. The van der Waals surface area contributed by atoms with Crippen molar-refractivity contribution in [3.8, 4) is 0 Å². The maximum atomic E-state index is 10.5. The average Bonchev–Trinajstić information content (AvgIpc) is 2.07. The number of rotatable bonds is 8. The lowest BCUT2D eigenvalue weighted by atomic mass is 10.2. The first-order chi connectivity index (χ1) is 6.92. The fourth-order valence-corrected chi connectivity index (χ4v) is 1.40. The van der Waals surface area contributed by atoms with E-state index in [9.17, 15) is 18.3 Å². The molecule has 0 aromatic rings. The second kappa shape index (κ2) is 7.47. The highest BCUT2D eigenvalue weighted by atomic mass is 32.2. The van der Waals surface area contributed by atoms with Crippen LogP contribution in [0.4, 0.5) is 4.79 Å². The molecule has 1 N–H and O–H groups in total. The van der Waals surface area contributed by atoms with E-state index in [1.54, 1.807) is 0 Å². The highest BCUT2D eigenvalue weighted by molar-refractivity contribution is 7.85. The molecule has 0 fully saturated rings. The molecule has 0 aromatic carbocycles. The fraction of sp³-hybridized carbons (Fsp3) is 0.875. The lowest BCUT2D eigenvalue weighted by molar-refractivity contribution is -0.250. The van der Waals surface area contributed by atoms with Gasteiger partial charge >= 0.3 is 0 Å². The van der Waals surface area contributed by atoms with Gasteiger partial charge in [0, 0.05) is 6.54 Å². The SMILES string of the molecule is CS(=O)(=O)OCCCCCCNC(=O)[O-]. The molecular weight excluding hydrogens is 222 g/mol. The van der Waals surface area contributed by atoms with Crippen molar-refractivity contribution in [3.05, 3.63) is 0 Å². The molecular formula is C8H16NO5S-. The Kier molecular flexibility index (Phi) is 7.06. The Balaban J connectivity index is 3.16. The molecule has 0 radical (unpaired) electrons. The third kappa shape index (κ3) is 13.2. The Morgan fingerprint density at radius 2 is 1.87 bits per heavy atom. The van der Waals surface area contributed by atoms with Crippen molar-refractivity contribution < 1.29 is 22.5 Å². The normalized spacial score (nSPS) is 11.3. The minimum Gasteiger partial charge on any atom is -0.530 e. The van der Waals surface area contributed by atoms with E-state index in [0.717, 1.165) is 19.1 Å². The molecule has 0 spiro atoms. The van der Waals surface area contributed by atoms with E-state index < -0.39 is 16.2 Å². The summed E-state index contributed by atoms with van der Waals surface area (Å²) in [6.07, 6.45) is 2.75. The summed E-state index contributed by atoms with van der Waals surface area (Å²) in [5, 5.41) is 12.1. The smallest absolute Gasteiger partial charge is 0.264 e. The predicted molar refractivity (Wildman–Crippen MR) is 52.7 cm³/mol. The summed E-state index contributed by atoms with van der Waals surface area (Å²) in [4.78, 5) is 9.94. The molecule has 7 heteroatoms. The molecule has 0 aliphatic heterocycles. The van der Waals surface area contributed by atoms with Gasteiger partial charge in [0.15, 0.2) is 0 Å². The van der Waals surface area contributed by atoms with Crippen molar-refractivity contribution in [3.63, 3.8) is 0 Å². The van der Waals surface area contributed by atoms with E-state index in [2.05, 4.69) is 9.50 Å². The monoisotopic (exact) mass is 238 g/mol. The number of unbranched alkanes of at least 4 members (excludes halogenated alkanes) is 3. The van der Waals surface area contributed by atoms with Crippen molar-refractivity contribution in [2.24, 2.45) is 0 Å². The minimum atomic E-state index is -3.33. The Bertz CT molecular complexity index is 275. The molecule has 1 amide bonds. The average molecular weight is 238 g/mol. The van der Waals surface area contributed by atoms with Crippen LogP contribution in [0.25, 0.3) is 0 Å². The number of carbonyl (C=O) groups is 1. The van der Waals surface area contributed by atoms with Crippen molar-refractivity contribution in [1.29, 1.82) is 0 Å². The van der Waals surface area contributed by atoms with Crippen molar-refractivity contribution in [2.45, 2.75) is 25.7 Å². The molecule has 0 aliphatic rings. The first-order valence-corrected chi connectivity index (χ1v) is 6.53. The van der Waals surface area contributed by atoms with Crippen LogP contribution >= 0.6 is 0 Å². The van der Waals surface area contributed by atoms with Gasteiger partial charge in [0.1, 0.15) is 6.09 Å². The number of amides is 1. The van der Waals surface area contributed by atoms with Crippen LogP contribution in [0.1, 0.15) is 25.7 Å². The van der Waals surface area contributed by atoms with Gasteiger partial charge in [0.25, 0.3) is 10.1 Å². The van der Waals surface area contributed by atoms with Crippen molar-refractivity contribution in [2.75, 3.05) is 19.4 Å². The number of carbonyl (C=O) groups excluding carboxylic acids is 1. The van der Waals surface area contributed by atoms with Gasteiger partial charge in [-0.2, -0.15) is 8.42 Å². The molecule has 6 nitrogen and oxygen atoms in total. The van der Waals surface area contributed by atoms with Crippen LogP contribution in [-0.2, 0) is 14.3 Å². The Labute approximate surface area is 89.7 Å². The van der Waals surface area contributed by atoms with E-state index in [1.165, 1.54) is 0 Å². The summed E-state index contributed by atoms with van der Waals surface area (Å²) < 4.78 is 25.6. The number of carboxylic acid groups (broad SMARTS) is 1. The van der Waals surface area contributed by atoms with Gasteiger partial charge < -0.3 is 15.2 Å². The minimum absolute atomic E-state index is 0.187. The lowest BCUT2D eigenvalue weighted by Gasteiger charge is -2.05. The summed E-state index contributed by atoms with van der Waals surface area (Å²) >= 11 is 0. The molecule has 0 saturated heterocycles. The molecule has 0 rings (SSSR count). The van der Waals surface area contributed by atoms with Gasteiger partial charge in [-0.15, -0.1) is 0 Å². The Morgan fingerprint density at radius 1 is 1.27 bits per heavy atom. The fourth-order valence-electron chi connectivity index (χ4n) is 0.981. The molecule has 90 valence electrons. The maximum absolute atomic E-state index is 10.5. The second-order valence-electron chi connectivity index (χ2n) is 3.15. The molecule has 0 unspecified atom stereocenters. The van der Waals surface area contributed by atoms with E-state index in [-0.39, 0.29) is 6.61 Å². The molecule has 0 aliphatic carbocycles. The summed E-state index contributed by atoms with van der Waals surface area (Å²) in [5.41, 5.74) is 0. The number of hydrogen-bond donors (Lipinski definition) is 1. The standard InChI is InChI=1S/C8H17NO5S/c1-15(12,13)14-7-5-3-2-4-6-9-8(10)11/h9H,2-7H2,1H3,(H,10,11)/p-1. The van der Waals surface area contributed by atoms with Gasteiger partial charge in [-0.3, -0.25) is 4.18 Å². The molecule has 15 heavy (non-hydrogen) atoms. The summed E-state index contributed by atoms with van der Waals surface area (Å²) in [7, 11) is -3.33. The van der Waals surface area contributed by atoms with E-state index in [1.807, 2.05) is 0 Å². The zero-order chi connectivity index (χ0) is 11.7. The molecule has 0 atom stereocenters. The molecule has 0 aromatic heterocycles. The van der Waals surface area contributed by atoms with Gasteiger partial charge in [-0.05, 0) is 12.8 Å².